The van der Waals surface area contributed by atoms with Crippen molar-refractivity contribution in [2.24, 2.45) is 5.92 Å². The molecule has 3 heteroatoms. The summed E-state index contributed by atoms with van der Waals surface area (Å²) in [5.41, 5.74) is 0. The summed E-state index contributed by atoms with van der Waals surface area (Å²) in [5.74, 6) is 2.38. The topological polar surface area (TPSA) is 36.6 Å². The van der Waals surface area contributed by atoms with Gasteiger partial charge in [0.25, 0.3) is 0 Å². The summed E-state index contributed by atoms with van der Waals surface area (Å²) >= 11 is 0. The molecule has 1 aliphatic heterocycles. The first-order valence-corrected chi connectivity index (χ1v) is 5.61. The van der Waals surface area contributed by atoms with Crippen LogP contribution in [0.4, 0.5) is 0 Å². The summed E-state index contributed by atoms with van der Waals surface area (Å²) in [7, 11) is 0. The van der Waals surface area contributed by atoms with Gasteiger partial charge >= 0.3 is 0 Å². The van der Waals surface area contributed by atoms with E-state index in [0.29, 0.717) is 5.92 Å². The minimum Gasteiger partial charge on any atom is -0.465 e. The van der Waals surface area contributed by atoms with Gasteiger partial charge in [0.15, 0.2) is 0 Å². The fourth-order valence-corrected chi connectivity index (χ4v) is 2.05. The Balaban J connectivity index is 1.90. The molecule has 15 heavy (non-hydrogen) atoms. The first-order chi connectivity index (χ1) is 7.15. The van der Waals surface area contributed by atoms with Crippen molar-refractivity contribution >= 4 is 0 Å². The highest BCUT2D eigenvalue weighted by atomic mass is 16.3. The predicted octanol–water partition coefficient (Wildman–Crippen LogP) is 1.79. The fraction of sp³-hybridized carbons (Fsp3) is 0.667. The van der Waals surface area contributed by atoms with Gasteiger partial charge in [-0.2, -0.15) is 0 Å². The van der Waals surface area contributed by atoms with E-state index >= 15 is 0 Å². The molecule has 0 bridgehead atoms. The molecule has 0 aromatic carbocycles. The smallest absolute Gasteiger partial charge is 0.118 e. The van der Waals surface area contributed by atoms with Crippen LogP contribution in [-0.4, -0.2) is 29.2 Å². The number of furan rings is 1. The van der Waals surface area contributed by atoms with Crippen molar-refractivity contribution in [3.8, 4) is 0 Å². The molecule has 0 spiro atoms. The van der Waals surface area contributed by atoms with Gasteiger partial charge in [0.05, 0.1) is 12.6 Å². The van der Waals surface area contributed by atoms with Gasteiger partial charge in [-0.1, -0.05) is 6.92 Å². The molecule has 1 fully saturated rings. The van der Waals surface area contributed by atoms with E-state index in [1.54, 1.807) is 0 Å². The average molecular weight is 209 g/mol. The van der Waals surface area contributed by atoms with E-state index in [0.717, 1.165) is 37.6 Å². The van der Waals surface area contributed by atoms with Gasteiger partial charge < -0.3 is 9.52 Å². The molecule has 2 atom stereocenters. The summed E-state index contributed by atoms with van der Waals surface area (Å²) in [6, 6.07) is 4.00. The van der Waals surface area contributed by atoms with Crippen LogP contribution in [0.1, 0.15) is 24.9 Å². The van der Waals surface area contributed by atoms with E-state index in [1.807, 2.05) is 19.1 Å². The van der Waals surface area contributed by atoms with Gasteiger partial charge in [0.2, 0.25) is 0 Å². The van der Waals surface area contributed by atoms with E-state index in [4.69, 9.17) is 4.42 Å². The molecule has 1 aromatic rings. The third-order valence-electron chi connectivity index (χ3n) is 3.18. The van der Waals surface area contributed by atoms with Crippen LogP contribution in [0.3, 0.4) is 0 Å². The Morgan fingerprint density at radius 2 is 2.33 bits per heavy atom. The second-order valence-electron chi connectivity index (χ2n) is 4.58. The molecule has 0 radical (unpaired) electrons. The number of aryl methyl sites for hydroxylation is 1. The Labute approximate surface area is 90.7 Å². The Morgan fingerprint density at radius 3 is 2.93 bits per heavy atom. The highest BCUT2D eigenvalue weighted by Gasteiger charge is 2.24. The summed E-state index contributed by atoms with van der Waals surface area (Å²) in [6.45, 7) is 6.70. The standard InChI is InChI=1S/C12H19NO2/c1-9-5-6-13(8-12(9)14)7-11-4-3-10(2)15-11/h3-4,9,12,14H,5-8H2,1-2H3. The Hall–Kier alpha value is -0.800. The zero-order valence-electron chi connectivity index (χ0n) is 9.44. The molecule has 0 aliphatic carbocycles. The van der Waals surface area contributed by atoms with Crippen LogP contribution in [0.15, 0.2) is 16.5 Å². The third-order valence-corrected chi connectivity index (χ3v) is 3.18. The molecule has 1 aromatic heterocycles. The lowest BCUT2D eigenvalue weighted by Gasteiger charge is -2.33. The highest BCUT2D eigenvalue weighted by Crippen LogP contribution is 2.19. The van der Waals surface area contributed by atoms with Crippen molar-refractivity contribution in [3.05, 3.63) is 23.7 Å². The minimum absolute atomic E-state index is 0.185. The highest BCUT2D eigenvalue weighted by molar-refractivity contribution is 5.05. The van der Waals surface area contributed by atoms with E-state index in [2.05, 4.69) is 11.8 Å². The zero-order valence-corrected chi connectivity index (χ0v) is 9.44. The van der Waals surface area contributed by atoms with Crippen LogP contribution < -0.4 is 0 Å². The number of hydrogen-bond donors (Lipinski definition) is 1. The number of rotatable bonds is 2. The van der Waals surface area contributed by atoms with Crippen molar-refractivity contribution in [2.45, 2.75) is 32.9 Å². The maximum Gasteiger partial charge on any atom is 0.118 e. The molecule has 0 amide bonds. The lowest BCUT2D eigenvalue weighted by Crippen LogP contribution is -2.42. The Morgan fingerprint density at radius 1 is 1.53 bits per heavy atom. The number of β-amino-alcohol motifs (C(OH)–C–C–N with tert-alkyl or cyclic N) is 1. The summed E-state index contributed by atoms with van der Waals surface area (Å²) in [5, 5.41) is 9.76. The molecule has 84 valence electrons. The van der Waals surface area contributed by atoms with E-state index in [1.165, 1.54) is 0 Å². The summed E-state index contributed by atoms with van der Waals surface area (Å²) in [4.78, 5) is 2.25. The van der Waals surface area contributed by atoms with Crippen LogP contribution >= 0.6 is 0 Å². The fourth-order valence-electron chi connectivity index (χ4n) is 2.05. The normalized spacial score (nSPS) is 28.2. The number of aliphatic hydroxyl groups is 1. The molecule has 1 aliphatic rings. The molecule has 2 heterocycles. The lowest BCUT2D eigenvalue weighted by atomic mass is 9.96. The first kappa shape index (κ1) is 10.7. The van der Waals surface area contributed by atoms with Crippen molar-refractivity contribution in [3.63, 3.8) is 0 Å². The molecule has 1 N–H and O–H groups in total. The maximum absolute atomic E-state index is 9.76. The largest absolute Gasteiger partial charge is 0.465 e. The van der Waals surface area contributed by atoms with Gasteiger partial charge in [-0.15, -0.1) is 0 Å². The van der Waals surface area contributed by atoms with Gasteiger partial charge in [0, 0.05) is 6.54 Å². The lowest BCUT2D eigenvalue weighted by molar-refractivity contribution is 0.0233. The number of aliphatic hydroxyl groups excluding tert-OH is 1. The number of likely N-dealkylation sites (tertiary alicyclic amines) is 1. The van der Waals surface area contributed by atoms with Crippen LogP contribution in [0.2, 0.25) is 0 Å². The first-order valence-electron chi connectivity index (χ1n) is 5.61. The van der Waals surface area contributed by atoms with E-state index < -0.39 is 0 Å². The summed E-state index contributed by atoms with van der Waals surface area (Å²) < 4.78 is 5.53. The number of nitrogens with zero attached hydrogens (tertiary/aromatic N) is 1. The van der Waals surface area contributed by atoms with Crippen LogP contribution in [-0.2, 0) is 6.54 Å². The quantitative estimate of drug-likeness (QED) is 0.806. The van der Waals surface area contributed by atoms with Crippen LogP contribution in [0.5, 0.6) is 0 Å². The molecule has 2 unspecified atom stereocenters. The van der Waals surface area contributed by atoms with Gasteiger partial charge in [-0.3, -0.25) is 4.90 Å². The van der Waals surface area contributed by atoms with Gasteiger partial charge in [-0.25, -0.2) is 0 Å². The van der Waals surface area contributed by atoms with Crippen molar-refractivity contribution in [1.29, 1.82) is 0 Å². The van der Waals surface area contributed by atoms with Crippen LogP contribution in [0, 0.1) is 12.8 Å². The van der Waals surface area contributed by atoms with Gasteiger partial charge in [-0.05, 0) is 37.9 Å². The Bertz CT molecular complexity index is 321. The molecule has 0 saturated carbocycles. The average Bonchev–Trinajstić information content (AvgIpc) is 2.58. The summed E-state index contributed by atoms with van der Waals surface area (Å²) in [6.07, 6.45) is 0.885. The molecule has 3 nitrogen and oxygen atoms in total. The molecule has 2 rings (SSSR count). The molecular weight excluding hydrogens is 190 g/mol. The second-order valence-corrected chi connectivity index (χ2v) is 4.58. The molecular formula is C12H19NO2. The number of hydrogen-bond acceptors (Lipinski definition) is 3. The molecule has 1 saturated heterocycles. The predicted molar refractivity (Wildman–Crippen MR) is 58.5 cm³/mol. The maximum atomic E-state index is 9.76. The minimum atomic E-state index is -0.185. The van der Waals surface area contributed by atoms with Gasteiger partial charge in [0.1, 0.15) is 11.5 Å². The zero-order chi connectivity index (χ0) is 10.8. The number of piperidine rings is 1. The Kier molecular flexibility index (Phi) is 3.12. The third kappa shape index (κ3) is 2.61. The van der Waals surface area contributed by atoms with E-state index in [9.17, 15) is 5.11 Å². The van der Waals surface area contributed by atoms with Crippen molar-refractivity contribution in [2.75, 3.05) is 13.1 Å². The monoisotopic (exact) mass is 209 g/mol. The van der Waals surface area contributed by atoms with E-state index in [-0.39, 0.29) is 6.10 Å². The second kappa shape index (κ2) is 4.37. The van der Waals surface area contributed by atoms with Crippen molar-refractivity contribution in [1.82, 2.24) is 4.90 Å². The SMILES string of the molecule is Cc1ccc(CN2CCC(C)C(O)C2)o1. The van der Waals surface area contributed by atoms with Crippen molar-refractivity contribution < 1.29 is 9.52 Å². The van der Waals surface area contributed by atoms with Crippen LogP contribution in [0.25, 0.3) is 0 Å².